The van der Waals surface area contributed by atoms with Crippen molar-refractivity contribution in [3.8, 4) is 5.75 Å². The van der Waals surface area contributed by atoms with Crippen LogP contribution in [0.3, 0.4) is 0 Å². The van der Waals surface area contributed by atoms with Gasteiger partial charge in [-0.15, -0.1) is 0 Å². The van der Waals surface area contributed by atoms with Crippen molar-refractivity contribution in [3.63, 3.8) is 0 Å². The largest absolute Gasteiger partial charge is 0.497 e. The zero-order valence-electron chi connectivity index (χ0n) is 17.4. The third-order valence-corrected chi connectivity index (χ3v) is 5.84. The van der Waals surface area contributed by atoms with Crippen molar-refractivity contribution in [3.05, 3.63) is 59.8 Å². The summed E-state index contributed by atoms with van der Waals surface area (Å²) in [5.74, 6) is 0.441. The number of benzene rings is 2. The van der Waals surface area contributed by atoms with Gasteiger partial charge < -0.3 is 19.9 Å². The number of hydrogen-bond acceptors (Lipinski definition) is 3. The number of nitrogens with one attached hydrogen (secondary N) is 2. The predicted octanol–water partition coefficient (Wildman–Crippen LogP) is 3.77. The molecule has 0 saturated carbocycles. The molecule has 1 saturated heterocycles. The standard InChI is InChI=1S/C24H27N3O3/c1-3-16-4-6-19(7-5-16)26-24(29)18-12-23(28)27(15-18)11-10-17-14-25-22-9-8-20(30-2)13-21(17)22/h4-9,13-14,18,25H,3,10-12,15H2,1-2H3,(H,26,29)/t18-/m1/s1. The van der Waals surface area contributed by atoms with Crippen LogP contribution in [-0.2, 0) is 22.4 Å². The number of aromatic amines is 1. The third kappa shape index (κ3) is 4.17. The van der Waals surface area contributed by atoms with E-state index < -0.39 is 0 Å². The second kappa shape index (κ2) is 8.61. The minimum absolute atomic E-state index is 0.0360. The van der Waals surface area contributed by atoms with Gasteiger partial charge in [-0.2, -0.15) is 0 Å². The molecule has 2 N–H and O–H groups in total. The first kappa shape index (κ1) is 20.0. The van der Waals surface area contributed by atoms with E-state index in [9.17, 15) is 9.59 Å². The van der Waals surface area contributed by atoms with Gasteiger partial charge in [0, 0.05) is 42.3 Å². The fourth-order valence-electron chi connectivity index (χ4n) is 3.98. The van der Waals surface area contributed by atoms with E-state index in [1.54, 1.807) is 12.0 Å². The third-order valence-electron chi connectivity index (χ3n) is 5.84. The maximum Gasteiger partial charge on any atom is 0.229 e. The van der Waals surface area contributed by atoms with Gasteiger partial charge in [-0.3, -0.25) is 9.59 Å². The maximum absolute atomic E-state index is 12.6. The molecule has 0 radical (unpaired) electrons. The molecular formula is C24H27N3O3. The van der Waals surface area contributed by atoms with E-state index in [0.717, 1.165) is 40.7 Å². The van der Waals surface area contributed by atoms with Crippen LogP contribution in [0.5, 0.6) is 5.75 Å². The maximum atomic E-state index is 12.6. The molecule has 1 aromatic heterocycles. The Balaban J connectivity index is 1.36. The van der Waals surface area contributed by atoms with Crippen LogP contribution >= 0.6 is 0 Å². The Morgan fingerprint density at radius 1 is 1.23 bits per heavy atom. The lowest BCUT2D eigenvalue weighted by Gasteiger charge is -2.16. The number of carbonyl (C=O) groups excluding carboxylic acids is 2. The van der Waals surface area contributed by atoms with Gasteiger partial charge in [0.05, 0.1) is 13.0 Å². The van der Waals surface area contributed by atoms with Crippen molar-refractivity contribution in [2.45, 2.75) is 26.2 Å². The minimum atomic E-state index is -0.314. The lowest BCUT2D eigenvalue weighted by Crippen LogP contribution is -2.30. The first-order valence-electron chi connectivity index (χ1n) is 10.4. The molecule has 0 spiro atoms. The Hall–Kier alpha value is -3.28. The summed E-state index contributed by atoms with van der Waals surface area (Å²) in [5, 5.41) is 4.05. The van der Waals surface area contributed by atoms with Crippen molar-refractivity contribution in [2.24, 2.45) is 5.92 Å². The van der Waals surface area contributed by atoms with Gasteiger partial charge in [-0.25, -0.2) is 0 Å². The number of aromatic nitrogens is 1. The summed E-state index contributed by atoms with van der Waals surface area (Å²) in [6.07, 6.45) is 3.94. The highest BCUT2D eigenvalue weighted by atomic mass is 16.5. The second-order valence-corrected chi connectivity index (χ2v) is 7.76. The zero-order valence-corrected chi connectivity index (χ0v) is 17.4. The predicted molar refractivity (Wildman–Crippen MR) is 118 cm³/mol. The molecule has 2 aromatic carbocycles. The number of anilines is 1. The fourth-order valence-corrected chi connectivity index (χ4v) is 3.98. The van der Waals surface area contributed by atoms with Gasteiger partial charge in [-0.05, 0) is 54.3 Å². The number of methoxy groups -OCH3 is 1. The average molecular weight is 405 g/mol. The number of H-pyrrole nitrogens is 1. The molecule has 0 aliphatic carbocycles. The van der Waals surface area contributed by atoms with Crippen molar-refractivity contribution < 1.29 is 14.3 Å². The number of aryl methyl sites for hydroxylation is 1. The summed E-state index contributed by atoms with van der Waals surface area (Å²) in [6, 6.07) is 13.8. The molecule has 1 atom stereocenters. The highest BCUT2D eigenvalue weighted by Gasteiger charge is 2.34. The highest BCUT2D eigenvalue weighted by molar-refractivity contribution is 5.97. The number of nitrogens with zero attached hydrogens (tertiary/aromatic N) is 1. The zero-order chi connectivity index (χ0) is 21.1. The van der Waals surface area contributed by atoms with Gasteiger partial charge in [0.25, 0.3) is 0 Å². The Morgan fingerprint density at radius 2 is 2.03 bits per heavy atom. The van der Waals surface area contributed by atoms with E-state index in [1.807, 2.05) is 48.7 Å². The van der Waals surface area contributed by atoms with Gasteiger partial charge in [0.15, 0.2) is 0 Å². The van der Waals surface area contributed by atoms with Crippen LogP contribution in [0.1, 0.15) is 24.5 Å². The summed E-state index contributed by atoms with van der Waals surface area (Å²) < 4.78 is 5.32. The van der Waals surface area contributed by atoms with E-state index in [2.05, 4.69) is 17.2 Å². The van der Waals surface area contributed by atoms with Crippen LogP contribution in [-0.4, -0.2) is 41.9 Å². The molecule has 1 aliphatic heterocycles. The minimum Gasteiger partial charge on any atom is -0.497 e. The van der Waals surface area contributed by atoms with Crippen LogP contribution in [0, 0.1) is 5.92 Å². The Morgan fingerprint density at radius 3 is 2.77 bits per heavy atom. The first-order chi connectivity index (χ1) is 14.6. The summed E-state index contributed by atoms with van der Waals surface area (Å²) >= 11 is 0. The van der Waals surface area contributed by atoms with Crippen LogP contribution in [0.4, 0.5) is 5.69 Å². The number of fused-ring (bicyclic) bond motifs is 1. The summed E-state index contributed by atoms with van der Waals surface area (Å²) in [4.78, 5) is 30.2. The summed E-state index contributed by atoms with van der Waals surface area (Å²) in [5.41, 5.74) is 4.19. The van der Waals surface area contributed by atoms with Gasteiger partial charge in [0.1, 0.15) is 5.75 Å². The van der Waals surface area contributed by atoms with Crippen LogP contribution in [0.15, 0.2) is 48.7 Å². The van der Waals surface area contributed by atoms with E-state index in [1.165, 1.54) is 5.56 Å². The first-order valence-corrected chi connectivity index (χ1v) is 10.4. The van der Waals surface area contributed by atoms with E-state index in [0.29, 0.717) is 13.1 Å². The topological polar surface area (TPSA) is 74.4 Å². The Bertz CT molecular complexity index is 1060. The molecule has 6 nitrogen and oxygen atoms in total. The molecule has 2 amide bonds. The smallest absolute Gasteiger partial charge is 0.229 e. The molecule has 2 heterocycles. The second-order valence-electron chi connectivity index (χ2n) is 7.76. The number of likely N-dealkylation sites (tertiary alicyclic amines) is 1. The molecular weight excluding hydrogens is 378 g/mol. The average Bonchev–Trinajstić information content (AvgIpc) is 3.35. The SMILES string of the molecule is CCc1ccc(NC(=O)[C@@H]2CC(=O)N(CCc3c[nH]c4ccc(OC)cc34)C2)cc1. The van der Waals surface area contributed by atoms with Crippen molar-refractivity contribution >= 4 is 28.4 Å². The van der Waals surface area contributed by atoms with Crippen molar-refractivity contribution in [1.29, 1.82) is 0 Å². The number of rotatable bonds is 7. The number of hydrogen-bond donors (Lipinski definition) is 2. The number of ether oxygens (including phenoxy) is 1. The van der Waals surface area contributed by atoms with Gasteiger partial charge >= 0.3 is 0 Å². The molecule has 156 valence electrons. The molecule has 1 aliphatic rings. The number of carbonyl (C=O) groups is 2. The lowest BCUT2D eigenvalue weighted by atomic mass is 10.1. The molecule has 3 aromatic rings. The summed E-state index contributed by atoms with van der Waals surface area (Å²) in [6.45, 7) is 3.15. The Labute approximate surface area is 176 Å². The van der Waals surface area contributed by atoms with Crippen molar-refractivity contribution in [1.82, 2.24) is 9.88 Å². The van der Waals surface area contributed by atoms with Crippen LogP contribution < -0.4 is 10.1 Å². The van der Waals surface area contributed by atoms with Gasteiger partial charge in [0.2, 0.25) is 11.8 Å². The summed E-state index contributed by atoms with van der Waals surface area (Å²) in [7, 11) is 1.65. The van der Waals surface area contributed by atoms with E-state index >= 15 is 0 Å². The fraction of sp³-hybridized carbons (Fsp3) is 0.333. The molecule has 30 heavy (non-hydrogen) atoms. The monoisotopic (exact) mass is 405 g/mol. The molecule has 1 fully saturated rings. The van der Waals surface area contributed by atoms with E-state index in [-0.39, 0.29) is 24.2 Å². The van der Waals surface area contributed by atoms with Crippen LogP contribution in [0.25, 0.3) is 10.9 Å². The van der Waals surface area contributed by atoms with Crippen LogP contribution in [0.2, 0.25) is 0 Å². The van der Waals surface area contributed by atoms with E-state index in [4.69, 9.17) is 4.74 Å². The number of amides is 2. The van der Waals surface area contributed by atoms with Gasteiger partial charge in [-0.1, -0.05) is 19.1 Å². The molecule has 0 unspecified atom stereocenters. The highest BCUT2D eigenvalue weighted by Crippen LogP contribution is 2.25. The molecule has 6 heteroatoms. The Kier molecular flexibility index (Phi) is 5.74. The lowest BCUT2D eigenvalue weighted by molar-refractivity contribution is -0.128. The molecule has 0 bridgehead atoms. The molecule has 4 rings (SSSR count). The normalized spacial score (nSPS) is 16.3. The quantitative estimate of drug-likeness (QED) is 0.628. The van der Waals surface area contributed by atoms with Crippen molar-refractivity contribution in [2.75, 3.05) is 25.5 Å².